The summed E-state index contributed by atoms with van der Waals surface area (Å²) in [6, 6.07) is 5.72. The molecule has 1 aromatic heterocycles. The number of aromatic nitrogens is 2. The molecule has 5 nitrogen and oxygen atoms in total. The van der Waals surface area contributed by atoms with Gasteiger partial charge in [-0.15, -0.1) is 0 Å². The zero-order chi connectivity index (χ0) is 12.3. The molecular formula is C12H16N4O. The molecule has 0 radical (unpaired) electrons. The van der Waals surface area contributed by atoms with E-state index >= 15 is 0 Å². The third kappa shape index (κ3) is 2.69. The number of hydrogen-bond donors (Lipinski definition) is 3. The molecule has 0 bridgehead atoms. The minimum atomic E-state index is 0.153. The first-order valence-electron chi connectivity index (χ1n) is 5.39. The maximum Gasteiger partial charge on any atom is 0.122 e. The molecule has 0 saturated heterocycles. The third-order valence-electron chi connectivity index (χ3n) is 2.57. The van der Waals surface area contributed by atoms with E-state index in [-0.39, 0.29) is 6.04 Å². The molecule has 4 N–H and O–H groups in total. The van der Waals surface area contributed by atoms with Gasteiger partial charge in [-0.1, -0.05) is 0 Å². The highest BCUT2D eigenvalue weighted by Gasteiger charge is 2.07. The number of rotatable bonds is 4. The zero-order valence-electron chi connectivity index (χ0n) is 9.90. The molecule has 0 saturated carbocycles. The number of H-pyrrole nitrogens is 1. The predicted octanol–water partition coefficient (Wildman–Crippen LogP) is 2.17. The average molecular weight is 232 g/mol. The van der Waals surface area contributed by atoms with Gasteiger partial charge in [-0.05, 0) is 13.0 Å². The fourth-order valence-electron chi connectivity index (χ4n) is 1.65. The van der Waals surface area contributed by atoms with E-state index < -0.39 is 0 Å². The van der Waals surface area contributed by atoms with Crippen LogP contribution >= 0.6 is 0 Å². The Morgan fingerprint density at radius 2 is 2.24 bits per heavy atom. The minimum Gasteiger partial charge on any atom is -0.497 e. The van der Waals surface area contributed by atoms with Crippen LogP contribution in [0.25, 0.3) is 0 Å². The maximum atomic E-state index is 5.79. The lowest BCUT2D eigenvalue weighted by Gasteiger charge is -2.15. The first kappa shape index (κ1) is 11.3. The second-order valence-electron chi connectivity index (χ2n) is 3.89. The van der Waals surface area contributed by atoms with Crippen molar-refractivity contribution < 1.29 is 4.74 Å². The van der Waals surface area contributed by atoms with E-state index in [1.165, 1.54) is 0 Å². The van der Waals surface area contributed by atoms with Crippen LogP contribution in [0.2, 0.25) is 0 Å². The van der Waals surface area contributed by atoms with Gasteiger partial charge in [0, 0.05) is 35.3 Å². The molecule has 90 valence electrons. The summed E-state index contributed by atoms with van der Waals surface area (Å²) in [6.07, 6.45) is 3.66. The summed E-state index contributed by atoms with van der Waals surface area (Å²) in [4.78, 5) is 0. The van der Waals surface area contributed by atoms with Crippen molar-refractivity contribution in [1.82, 2.24) is 10.2 Å². The van der Waals surface area contributed by atoms with Crippen molar-refractivity contribution in [2.45, 2.75) is 13.0 Å². The van der Waals surface area contributed by atoms with E-state index in [0.29, 0.717) is 5.69 Å². The fraction of sp³-hybridized carbons (Fsp3) is 0.250. The van der Waals surface area contributed by atoms with Gasteiger partial charge in [0.1, 0.15) is 5.75 Å². The van der Waals surface area contributed by atoms with Crippen LogP contribution in [-0.4, -0.2) is 17.3 Å². The van der Waals surface area contributed by atoms with Gasteiger partial charge >= 0.3 is 0 Å². The first-order chi connectivity index (χ1) is 8.19. The fourth-order valence-corrected chi connectivity index (χ4v) is 1.65. The number of methoxy groups -OCH3 is 1. The molecule has 5 heteroatoms. The minimum absolute atomic E-state index is 0.153. The van der Waals surface area contributed by atoms with E-state index in [1.807, 2.05) is 18.3 Å². The highest BCUT2D eigenvalue weighted by Crippen LogP contribution is 2.25. The largest absolute Gasteiger partial charge is 0.497 e. The van der Waals surface area contributed by atoms with Crippen LogP contribution in [0, 0.1) is 0 Å². The van der Waals surface area contributed by atoms with Gasteiger partial charge in [-0.3, -0.25) is 5.10 Å². The van der Waals surface area contributed by atoms with Gasteiger partial charge in [-0.25, -0.2) is 0 Å². The second-order valence-corrected chi connectivity index (χ2v) is 3.89. The maximum absolute atomic E-state index is 5.79. The van der Waals surface area contributed by atoms with Crippen molar-refractivity contribution in [3.05, 3.63) is 36.2 Å². The molecule has 17 heavy (non-hydrogen) atoms. The summed E-state index contributed by atoms with van der Waals surface area (Å²) >= 11 is 0. The highest BCUT2D eigenvalue weighted by atomic mass is 16.5. The Morgan fingerprint density at radius 1 is 1.41 bits per heavy atom. The number of nitrogens with one attached hydrogen (secondary N) is 2. The standard InChI is InChI=1S/C12H16N4O/c1-8(9-6-14-15-7-9)16-11-3-10(13)4-12(5-11)17-2/h3-8,16H,13H2,1-2H3,(H,14,15). The van der Waals surface area contributed by atoms with Crippen LogP contribution in [0.1, 0.15) is 18.5 Å². The van der Waals surface area contributed by atoms with Crippen LogP contribution < -0.4 is 15.8 Å². The molecule has 2 rings (SSSR count). The van der Waals surface area contributed by atoms with Crippen molar-refractivity contribution in [2.24, 2.45) is 0 Å². The summed E-state index contributed by atoms with van der Waals surface area (Å²) in [6.45, 7) is 2.06. The van der Waals surface area contributed by atoms with E-state index in [2.05, 4.69) is 22.4 Å². The number of ether oxygens (including phenoxy) is 1. The summed E-state index contributed by atoms with van der Waals surface area (Å²) in [5, 5.41) is 10.1. The number of benzene rings is 1. The van der Waals surface area contributed by atoms with E-state index in [1.54, 1.807) is 19.4 Å². The van der Waals surface area contributed by atoms with Crippen LogP contribution in [0.4, 0.5) is 11.4 Å². The van der Waals surface area contributed by atoms with Gasteiger partial charge in [0.25, 0.3) is 0 Å². The van der Waals surface area contributed by atoms with Crippen LogP contribution in [0.15, 0.2) is 30.6 Å². The lowest BCUT2D eigenvalue weighted by molar-refractivity contribution is 0.415. The SMILES string of the molecule is COc1cc(N)cc(NC(C)c2cn[nH]c2)c1. The molecule has 0 aliphatic rings. The van der Waals surface area contributed by atoms with Gasteiger partial charge < -0.3 is 15.8 Å². The van der Waals surface area contributed by atoms with Gasteiger partial charge in [0.15, 0.2) is 0 Å². The first-order valence-corrected chi connectivity index (χ1v) is 5.39. The van der Waals surface area contributed by atoms with Crippen molar-refractivity contribution in [1.29, 1.82) is 0 Å². The zero-order valence-corrected chi connectivity index (χ0v) is 9.90. The summed E-state index contributed by atoms with van der Waals surface area (Å²) < 4.78 is 5.17. The smallest absolute Gasteiger partial charge is 0.122 e. The summed E-state index contributed by atoms with van der Waals surface area (Å²) in [7, 11) is 1.62. The molecule has 0 spiro atoms. The monoisotopic (exact) mass is 232 g/mol. The Labute approximate surface area is 100.0 Å². The number of nitrogens with zero attached hydrogens (tertiary/aromatic N) is 1. The van der Waals surface area contributed by atoms with Gasteiger partial charge in [0.05, 0.1) is 19.3 Å². The summed E-state index contributed by atoms with van der Waals surface area (Å²) in [5.41, 5.74) is 8.48. The number of nitrogens with two attached hydrogens (primary N) is 1. The Kier molecular flexibility index (Phi) is 3.18. The predicted molar refractivity (Wildman–Crippen MR) is 68.0 cm³/mol. The topological polar surface area (TPSA) is 76.0 Å². The quantitative estimate of drug-likeness (QED) is 0.706. The number of anilines is 2. The molecule has 1 aromatic carbocycles. The summed E-state index contributed by atoms with van der Waals surface area (Å²) in [5.74, 6) is 0.742. The average Bonchev–Trinajstić information content (AvgIpc) is 2.81. The lowest BCUT2D eigenvalue weighted by atomic mass is 10.1. The Hall–Kier alpha value is -2.17. The van der Waals surface area contributed by atoms with E-state index in [0.717, 1.165) is 17.0 Å². The Balaban J connectivity index is 2.15. The Morgan fingerprint density at radius 3 is 2.88 bits per heavy atom. The molecule has 2 aromatic rings. The highest BCUT2D eigenvalue weighted by molar-refractivity contribution is 5.59. The third-order valence-corrected chi connectivity index (χ3v) is 2.57. The normalized spacial score (nSPS) is 12.1. The molecule has 1 unspecified atom stereocenters. The van der Waals surface area contributed by atoms with Crippen molar-refractivity contribution >= 4 is 11.4 Å². The van der Waals surface area contributed by atoms with Crippen molar-refractivity contribution in [3.8, 4) is 5.75 Å². The molecule has 0 aliphatic heterocycles. The molecule has 0 fully saturated rings. The number of nitrogen functional groups attached to an aromatic ring is 1. The lowest BCUT2D eigenvalue weighted by Crippen LogP contribution is -2.06. The molecule has 1 heterocycles. The second kappa shape index (κ2) is 4.78. The van der Waals surface area contributed by atoms with Gasteiger partial charge in [0.2, 0.25) is 0 Å². The van der Waals surface area contributed by atoms with E-state index in [9.17, 15) is 0 Å². The molecule has 0 amide bonds. The van der Waals surface area contributed by atoms with Crippen molar-refractivity contribution in [3.63, 3.8) is 0 Å². The van der Waals surface area contributed by atoms with Crippen LogP contribution in [0.5, 0.6) is 5.75 Å². The van der Waals surface area contributed by atoms with Crippen molar-refractivity contribution in [2.75, 3.05) is 18.2 Å². The van der Waals surface area contributed by atoms with E-state index in [4.69, 9.17) is 10.5 Å². The Bertz CT molecular complexity index is 481. The van der Waals surface area contributed by atoms with Crippen LogP contribution in [-0.2, 0) is 0 Å². The van der Waals surface area contributed by atoms with Gasteiger partial charge in [-0.2, -0.15) is 5.10 Å². The van der Waals surface area contributed by atoms with Crippen LogP contribution in [0.3, 0.4) is 0 Å². The molecule has 1 atom stereocenters. The molecule has 0 aliphatic carbocycles. The molecular weight excluding hydrogens is 216 g/mol. The number of aromatic amines is 1. The number of hydrogen-bond acceptors (Lipinski definition) is 4.